The predicted octanol–water partition coefficient (Wildman–Crippen LogP) is 4.03. The Bertz CT molecular complexity index is 675. The van der Waals surface area contributed by atoms with Crippen LogP contribution < -0.4 is 10.6 Å². The second-order valence-electron chi connectivity index (χ2n) is 7.61. The van der Waals surface area contributed by atoms with Gasteiger partial charge in [-0.3, -0.25) is 4.79 Å². The van der Waals surface area contributed by atoms with E-state index < -0.39 is 30.1 Å². The first kappa shape index (κ1) is 25.2. The highest BCUT2D eigenvalue weighted by Gasteiger charge is 2.28. The number of carboxylic acid groups (broad SMARTS) is 1. The lowest BCUT2D eigenvalue weighted by atomic mass is 10.0. The minimum absolute atomic E-state index is 0.0860. The summed E-state index contributed by atoms with van der Waals surface area (Å²) in [7, 11) is 0. The number of alkyl carbamates (subject to hydrolysis) is 1. The maximum absolute atomic E-state index is 12.6. The fourth-order valence-electron chi connectivity index (χ4n) is 2.94. The molecule has 3 N–H and O–H groups in total. The van der Waals surface area contributed by atoms with E-state index in [2.05, 4.69) is 17.2 Å². The van der Waals surface area contributed by atoms with Gasteiger partial charge in [0.1, 0.15) is 18.7 Å². The van der Waals surface area contributed by atoms with Crippen molar-refractivity contribution in [3.8, 4) is 0 Å². The van der Waals surface area contributed by atoms with Gasteiger partial charge < -0.3 is 20.5 Å². The first-order chi connectivity index (χ1) is 14.3. The van der Waals surface area contributed by atoms with E-state index in [1.54, 1.807) is 13.8 Å². The van der Waals surface area contributed by atoms with Gasteiger partial charge in [-0.15, -0.1) is 6.58 Å². The monoisotopic (exact) mass is 418 g/mol. The van der Waals surface area contributed by atoms with Gasteiger partial charge in [-0.05, 0) is 30.7 Å². The van der Waals surface area contributed by atoms with Crippen molar-refractivity contribution in [2.75, 3.05) is 0 Å². The Labute approximate surface area is 178 Å². The Morgan fingerprint density at radius 1 is 1.07 bits per heavy atom. The number of unbranched alkanes of at least 4 members (excludes halogenated alkanes) is 4. The predicted molar refractivity (Wildman–Crippen MR) is 116 cm³/mol. The molecule has 7 nitrogen and oxygen atoms in total. The van der Waals surface area contributed by atoms with E-state index in [9.17, 15) is 19.5 Å². The van der Waals surface area contributed by atoms with Crippen LogP contribution in [0.3, 0.4) is 0 Å². The molecule has 1 aromatic rings. The third kappa shape index (κ3) is 10.1. The standard InChI is InChI=1S/C23H34N2O5/c1-4-5-6-7-8-12-15-19(22(27)28)24-21(26)20(17(2)3)25-23(29)30-16-18-13-10-9-11-14-18/h4,9-11,13-14,17,19-20H,1,5-8,12,15-16H2,2-3H3,(H,24,26)(H,25,29)(H,27,28)/t19-,20-/m1/s1. The molecule has 166 valence electrons. The number of hydrogen-bond acceptors (Lipinski definition) is 4. The third-order valence-electron chi connectivity index (χ3n) is 4.70. The van der Waals surface area contributed by atoms with Crippen molar-refractivity contribution in [3.63, 3.8) is 0 Å². The minimum atomic E-state index is -1.08. The van der Waals surface area contributed by atoms with E-state index in [1.807, 2.05) is 36.4 Å². The summed E-state index contributed by atoms with van der Waals surface area (Å²) in [6.07, 6.45) is 6.05. The van der Waals surface area contributed by atoms with Crippen LogP contribution in [0, 0.1) is 5.92 Å². The summed E-state index contributed by atoms with van der Waals surface area (Å²) >= 11 is 0. The molecule has 0 aliphatic rings. The number of carbonyl (C=O) groups excluding carboxylic acids is 2. The lowest BCUT2D eigenvalue weighted by molar-refractivity contribution is -0.142. The van der Waals surface area contributed by atoms with Gasteiger partial charge >= 0.3 is 12.1 Å². The second kappa shape index (κ2) is 14.2. The average molecular weight is 419 g/mol. The van der Waals surface area contributed by atoms with E-state index in [0.29, 0.717) is 12.8 Å². The number of rotatable bonds is 14. The molecule has 0 radical (unpaired) electrons. The van der Waals surface area contributed by atoms with Crippen molar-refractivity contribution in [2.45, 2.75) is 71.1 Å². The maximum Gasteiger partial charge on any atom is 0.408 e. The molecule has 0 aliphatic heterocycles. The van der Waals surface area contributed by atoms with Gasteiger partial charge in [0.05, 0.1) is 0 Å². The molecule has 30 heavy (non-hydrogen) atoms. The van der Waals surface area contributed by atoms with E-state index in [-0.39, 0.29) is 12.5 Å². The van der Waals surface area contributed by atoms with Crippen LogP contribution in [0.5, 0.6) is 0 Å². The summed E-state index contributed by atoms with van der Waals surface area (Å²) in [5.41, 5.74) is 0.831. The summed E-state index contributed by atoms with van der Waals surface area (Å²) in [4.78, 5) is 36.3. The quantitative estimate of drug-likeness (QED) is 0.312. The lowest BCUT2D eigenvalue weighted by Crippen LogP contribution is -2.53. The molecule has 0 saturated heterocycles. The number of nitrogens with one attached hydrogen (secondary N) is 2. The summed E-state index contributed by atoms with van der Waals surface area (Å²) in [5.74, 6) is -1.84. The Morgan fingerprint density at radius 3 is 2.33 bits per heavy atom. The number of ether oxygens (including phenoxy) is 1. The molecule has 0 heterocycles. The summed E-state index contributed by atoms with van der Waals surface area (Å²) in [6, 6.07) is 7.33. The topological polar surface area (TPSA) is 105 Å². The normalized spacial score (nSPS) is 12.6. The molecule has 0 unspecified atom stereocenters. The fourth-order valence-corrected chi connectivity index (χ4v) is 2.94. The largest absolute Gasteiger partial charge is 0.480 e. The molecular weight excluding hydrogens is 384 g/mol. The van der Waals surface area contributed by atoms with Crippen molar-refractivity contribution in [3.05, 3.63) is 48.6 Å². The SMILES string of the molecule is C=CCCCCCC[C@@H](NC(=O)[C@H](NC(=O)OCc1ccccc1)C(C)C)C(=O)O. The second-order valence-corrected chi connectivity index (χ2v) is 7.61. The molecule has 1 rings (SSSR count). The van der Waals surface area contributed by atoms with Gasteiger partial charge in [-0.1, -0.05) is 69.5 Å². The van der Waals surface area contributed by atoms with E-state index in [1.165, 1.54) is 0 Å². The number of carbonyl (C=O) groups is 3. The highest BCUT2D eigenvalue weighted by Crippen LogP contribution is 2.10. The molecule has 0 aliphatic carbocycles. The Kier molecular flexibility index (Phi) is 11.9. The van der Waals surface area contributed by atoms with Crippen molar-refractivity contribution in [1.82, 2.24) is 10.6 Å². The minimum Gasteiger partial charge on any atom is -0.480 e. The Morgan fingerprint density at radius 2 is 1.73 bits per heavy atom. The summed E-state index contributed by atoms with van der Waals surface area (Å²) in [6.45, 7) is 7.31. The highest BCUT2D eigenvalue weighted by molar-refractivity contribution is 5.89. The molecule has 0 saturated carbocycles. The molecule has 1 aromatic carbocycles. The molecule has 2 atom stereocenters. The van der Waals surface area contributed by atoms with Gasteiger partial charge in [0.25, 0.3) is 0 Å². The van der Waals surface area contributed by atoms with Crippen LogP contribution in [0.25, 0.3) is 0 Å². The van der Waals surface area contributed by atoms with Crippen molar-refractivity contribution >= 4 is 18.0 Å². The average Bonchev–Trinajstić information content (AvgIpc) is 2.72. The third-order valence-corrected chi connectivity index (χ3v) is 4.70. The molecular formula is C23H34N2O5. The Balaban J connectivity index is 2.53. The molecule has 0 bridgehead atoms. The van der Waals surface area contributed by atoms with E-state index >= 15 is 0 Å². The molecule has 7 heteroatoms. The maximum atomic E-state index is 12.6. The van der Waals surface area contributed by atoms with Gasteiger partial charge in [-0.25, -0.2) is 9.59 Å². The molecule has 0 aromatic heterocycles. The summed E-state index contributed by atoms with van der Waals surface area (Å²) in [5, 5.41) is 14.5. The van der Waals surface area contributed by atoms with Gasteiger partial charge in [0, 0.05) is 0 Å². The van der Waals surface area contributed by atoms with Crippen LogP contribution in [0.2, 0.25) is 0 Å². The molecule has 0 spiro atoms. The molecule has 0 fully saturated rings. The van der Waals surface area contributed by atoms with Crippen LogP contribution in [-0.4, -0.2) is 35.2 Å². The number of aliphatic carboxylic acids is 1. The van der Waals surface area contributed by atoms with Crippen LogP contribution in [0.15, 0.2) is 43.0 Å². The Hall–Kier alpha value is -2.83. The fraction of sp³-hybridized carbons (Fsp3) is 0.522. The summed E-state index contributed by atoms with van der Waals surface area (Å²) < 4.78 is 5.17. The van der Waals surface area contributed by atoms with Gasteiger partial charge in [0.15, 0.2) is 0 Å². The van der Waals surface area contributed by atoms with Crippen LogP contribution in [0.1, 0.15) is 57.9 Å². The van der Waals surface area contributed by atoms with Crippen molar-refractivity contribution < 1.29 is 24.2 Å². The zero-order valence-electron chi connectivity index (χ0n) is 17.9. The van der Waals surface area contributed by atoms with Crippen LogP contribution in [-0.2, 0) is 20.9 Å². The highest BCUT2D eigenvalue weighted by atomic mass is 16.5. The smallest absolute Gasteiger partial charge is 0.408 e. The number of hydrogen-bond donors (Lipinski definition) is 3. The van der Waals surface area contributed by atoms with Crippen molar-refractivity contribution in [2.24, 2.45) is 5.92 Å². The van der Waals surface area contributed by atoms with Crippen molar-refractivity contribution in [1.29, 1.82) is 0 Å². The van der Waals surface area contributed by atoms with E-state index in [4.69, 9.17) is 4.74 Å². The lowest BCUT2D eigenvalue weighted by Gasteiger charge is -2.23. The first-order valence-electron chi connectivity index (χ1n) is 10.5. The zero-order valence-corrected chi connectivity index (χ0v) is 17.9. The zero-order chi connectivity index (χ0) is 22.4. The number of allylic oxidation sites excluding steroid dienone is 1. The van der Waals surface area contributed by atoms with Crippen LogP contribution in [0.4, 0.5) is 4.79 Å². The number of benzene rings is 1. The first-order valence-corrected chi connectivity index (χ1v) is 10.5. The van der Waals surface area contributed by atoms with Gasteiger partial charge in [-0.2, -0.15) is 0 Å². The molecule has 2 amide bonds. The number of carboxylic acids is 1. The number of amides is 2. The van der Waals surface area contributed by atoms with Gasteiger partial charge in [0.2, 0.25) is 5.91 Å². The van der Waals surface area contributed by atoms with Crippen LogP contribution >= 0.6 is 0 Å². The van der Waals surface area contributed by atoms with E-state index in [0.717, 1.165) is 31.2 Å².